The summed E-state index contributed by atoms with van der Waals surface area (Å²) in [6.45, 7) is 6.64. The van der Waals surface area contributed by atoms with Crippen LogP contribution in [-0.2, 0) is 11.3 Å². The van der Waals surface area contributed by atoms with Crippen molar-refractivity contribution in [1.29, 1.82) is 0 Å². The van der Waals surface area contributed by atoms with E-state index in [9.17, 15) is 9.59 Å². The summed E-state index contributed by atoms with van der Waals surface area (Å²) in [6.07, 6.45) is 1.60. The van der Waals surface area contributed by atoms with Gasteiger partial charge in [0.05, 0.1) is 6.04 Å². The maximum atomic E-state index is 12.9. The minimum Gasteiger partial charge on any atom is -0.444 e. The molecule has 1 atom stereocenters. The molecule has 2 heterocycles. The Labute approximate surface area is 164 Å². The van der Waals surface area contributed by atoms with E-state index >= 15 is 0 Å². The van der Waals surface area contributed by atoms with Crippen LogP contribution in [0.25, 0.3) is 0 Å². The second kappa shape index (κ2) is 8.13. The monoisotopic (exact) mass is 386 g/mol. The third kappa shape index (κ3) is 5.10. The molecule has 1 aliphatic rings. The molecule has 2 aromatic rings. The van der Waals surface area contributed by atoms with Crippen molar-refractivity contribution in [3.05, 3.63) is 57.8 Å². The van der Waals surface area contributed by atoms with Crippen LogP contribution in [0.5, 0.6) is 0 Å². The number of alkyl carbamates (subject to hydrolysis) is 1. The highest BCUT2D eigenvalue weighted by atomic mass is 32.1. The Bertz CT molecular complexity index is 779. The van der Waals surface area contributed by atoms with E-state index in [0.29, 0.717) is 12.1 Å². The first-order valence-electron chi connectivity index (χ1n) is 9.22. The van der Waals surface area contributed by atoms with Gasteiger partial charge in [-0.25, -0.2) is 4.79 Å². The van der Waals surface area contributed by atoms with Crippen LogP contribution in [0, 0.1) is 0 Å². The molecule has 0 spiro atoms. The van der Waals surface area contributed by atoms with E-state index in [0.717, 1.165) is 24.9 Å². The summed E-state index contributed by atoms with van der Waals surface area (Å²) in [5.41, 5.74) is 2.31. The van der Waals surface area contributed by atoms with Gasteiger partial charge in [0.2, 0.25) is 0 Å². The van der Waals surface area contributed by atoms with Crippen molar-refractivity contribution in [3.8, 4) is 0 Å². The molecular formula is C21H26N2O3S. The van der Waals surface area contributed by atoms with Crippen LogP contribution in [0.1, 0.15) is 61.1 Å². The van der Waals surface area contributed by atoms with Gasteiger partial charge in [-0.15, -0.1) is 0 Å². The number of carbonyl (C=O) groups excluding carboxylic acids is 2. The molecular weight excluding hydrogens is 360 g/mol. The zero-order valence-corrected chi connectivity index (χ0v) is 16.8. The van der Waals surface area contributed by atoms with Crippen molar-refractivity contribution in [1.82, 2.24) is 10.2 Å². The summed E-state index contributed by atoms with van der Waals surface area (Å²) in [5, 5.41) is 6.91. The van der Waals surface area contributed by atoms with Gasteiger partial charge in [-0.3, -0.25) is 4.79 Å². The van der Waals surface area contributed by atoms with Crippen molar-refractivity contribution in [2.24, 2.45) is 0 Å². The molecule has 144 valence electrons. The molecule has 27 heavy (non-hydrogen) atoms. The van der Waals surface area contributed by atoms with Gasteiger partial charge in [0, 0.05) is 18.7 Å². The summed E-state index contributed by atoms with van der Waals surface area (Å²) in [6, 6.07) is 9.69. The fourth-order valence-electron chi connectivity index (χ4n) is 3.24. The lowest BCUT2D eigenvalue weighted by Crippen LogP contribution is -2.32. The Morgan fingerprint density at radius 2 is 1.96 bits per heavy atom. The smallest absolute Gasteiger partial charge is 0.407 e. The van der Waals surface area contributed by atoms with Gasteiger partial charge < -0.3 is 15.0 Å². The third-order valence-corrected chi connectivity index (χ3v) is 5.18. The number of carbonyl (C=O) groups is 2. The fourth-order valence-corrected chi connectivity index (χ4v) is 3.95. The first-order valence-corrected chi connectivity index (χ1v) is 10.2. The number of hydrogen-bond donors (Lipinski definition) is 1. The molecule has 1 saturated heterocycles. The molecule has 0 saturated carbocycles. The highest BCUT2D eigenvalue weighted by molar-refractivity contribution is 7.08. The molecule has 3 rings (SSSR count). The van der Waals surface area contributed by atoms with Crippen molar-refractivity contribution < 1.29 is 14.3 Å². The van der Waals surface area contributed by atoms with Crippen LogP contribution in [0.3, 0.4) is 0 Å². The van der Waals surface area contributed by atoms with Gasteiger partial charge in [0.15, 0.2) is 0 Å². The molecule has 1 aromatic carbocycles. The van der Waals surface area contributed by atoms with Crippen molar-refractivity contribution in [3.63, 3.8) is 0 Å². The van der Waals surface area contributed by atoms with Crippen LogP contribution in [0.2, 0.25) is 0 Å². The lowest BCUT2D eigenvalue weighted by Gasteiger charge is -2.24. The number of nitrogens with one attached hydrogen (secondary N) is 1. The first kappa shape index (κ1) is 19.4. The number of thiophene rings is 1. The van der Waals surface area contributed by atoms with Gasteiger partial charge in [0.25, 0.3) is 5.91 Å². The highest BCUT2D eigenvalue weighted by Crippen LogP contribution is 2.34. The standard InChI is InChI=1S/C21H26N2O3S/c1-21(2,3)26-20(25)22-13-15-6-8-16(9-7-15)19(24)23-11-4-5-18(23)17-10-12-27-14-17/h6-10,12,14,18H,4-5,11,13H2,1-3H3,(H,22,25)/t18-/m0/s1. The number of hydrogen-bond acceptors (Lipinski definition) is 4. The molecule has 1 aliphatic heterocycles. The van der Waals surface area contributed by atoms with E-state index in [2.05, 4.69) is 22.1 Å². The summed E-state index contributed by atoms with van der Waals surface area (Å²) in [5.74, 6) is 0.0651. The molecule has 0 aliphatic carbocycles. The Kier molecular flexibility index (Phi) is 5.85. The summed E-state index contributed by atoms with van der Waals surface area (Å²) >= 11 is 1.67. The van der Waals surface area contributed by atoms with Crippen LogP contribution >= 0.6 is 11.3 Å². The Balaban J connectivity index is 1.60. The summed E-state index contributed by atoms with van der Waals surface area (Å²) < 4.78 is 5.23. The summed E-state index contributed by atoms with van der Waals surface area (Å²) in [4.78, 5) is 26.6. The van der Waals surface area contributed by atoms with E-state index in [-0.39, 0.29) is 11.9 Å². The number of rotatable bonds is 4. The average molecular weight is 387 g/mol. The Hall–Kier alpha value is -2.34. The lowest BCUT2D eigenvalue weighted by atomic mass is 10.1. The van der Waals surface area contributed by atoms with E-state index in [1.165, 1.54) is 5.56 Å². The van der Waals surface area contributed by atoms with Gasteiger partial charge in [-0.1, -0.05) is 12.1 Å². The molecule has 1 N–H and O–H groups in total. The van der Waals surface area contributed by atoms with E-state index in [1.54, 1.807) is 11.3 Å². The van der Waals surface area contributed by atoms with E-state index in [4.69, 9.17) is 4.74 Å². The molecule has 0 bridgehead atoms. The second-order valence-electron chi connectivity index (χ2n) is 7.77. The predicted molar refractivity (Wildman–Crippen MR) is 107 cm³/mol. The van der Waals surface area contributed by atoms with Gasteiger partial charge >= 0.3 is 6.09 Å². The largest absolute Gasteiger partial charge is 0.444 e. The SMILES string of the molecule is CC(C)(C)OC(=O)NCc1ccc(C(=O)N2CCC[C@H]2c2ccsc2)cc1. The van der Waals surface area contributed by atoms with Gasteiger partial charge in [0.1, 0.15) is 5.60 Å². The number of amides is 2. The zero-order chi connectivity index (χ0) is 19.4. The first-order chi connectivity index (χ1) is 12.8. The predicted octanol–water partition coefficient (Wildman–Crippen LogP) is 4.75. The topological polar surface area (TPSA) is 58.6 Å². The number of ether oxygens (including phenoxy) is 1. The van der Waals surface area contributed by atoms with Gasteiger partial charge in [-0.05, 0) is 73.7 Å². The van der Waals surface area contributed by atoms with Crippen LogP contribution in [-0.4, -0.2) is 29.0 Å². The maximum absolute atomic E-state index is 12.9. The number of likely N-dealkylation sites (tertiary alicyclic amines) is 1. The maximum Gasteiger partial charge on any atom is 0.407 e. The molecule has 1 aromatic heterocycles. The van der Waals surface area contributed by atoms with E-state index < -0.39 is 11.7 Å². The van der Waals surface area contributed by atoms with Gasteiger partial charge in [-0.2, -0.15) is 11.3 Å². The molecule has 0 unspecified atom stereocenters. The van der Waals surface area contributed by atoms with Crippen LogP contribution < -0.4 is 5.32 Å². The molecule has 6 heteroatoms. The van der Waals surface area contributed by atoms with Crippen molar-refractivity contribution in [2.45, 2.75) is 51.8 Å². The van der Waals surface area contributed by atoms with E-state index in [1.807, 2.05) is 49.9 Å². The van der Waals surface area contributed by atoms with Crippen molar-refractivity contribution in [2.75, 3.05) is 6.54 Å². The zero-order valence-electron chi connectivity index (χ0n) is 16.0. The molecule has 2 amide bonds. The molecule has 1 fully saturated rings. The van der Waals surface area contributed by atoms with Crippen LogP contribution in [0.4, 0.5) is 4.79 Å². The highest BCUT2D eigenvalue weighted by Gasteiger charge is 2.30. The normalized spacial score (nSPS) is 17.0. The van der Waals surface area contributed by atoms with Crippen LogP contribution in [0.15, 0.2) is 41.1 Å². The fraction of sp³-hybridized carbons (Fsp3) is 0.429. The lowest BCUT2D eigenvalue weighted by molar-refractivity contribution is 0.0523. The summed E-state index contributed by atoms with van der Waals surface area (Å²) in [7, 11) is 0. The third-order valence-electron chi connectivity index (χ3n) is 4.48. The second-order valence-corrected chi connectivity index (χ2v) is 8.55. The quantitative estimate of drug-likeness (QED) is 0.825. The Morgan fingerprint density at radius 1 is 1.22 bits per heavy atom. The van der Waals surface area contributed by atoms with Crippen molar-refractivity contribution >= 4 is 23.3 Å². The minimum absolute atomic E-state index is 0.0651. The average Bonchev–Trinajstić information content (AvgIpc) is 3.29. The Morgan fingerprint density at radius 3 is 2.59 bits per heavy atom. The number of nitrogens with zero attached hydrogens (tertiary/aromatic N) is 1. The number of benzene rings is 1. The minimum atomic E-state index is -0.519. The molecule has 5 nitrogen and oxygen atoms in total. The molecule has 0 radical (unpaired) electrons.